The van der Waals surface area contributed by atoms with Crippen LogP contribution in [0.25, 0.3) is 10.9 Å². The van der Waals surface area contributed by atoms with E-state index in [0.29, 0.717) is 18.0 Å². The van der Waals surface area contributed by atoms with Crippen LogP contribution in [0.15, 0.2) is 29.4 Å². The predicted octanol–water partition coefficient (Wildman–Crippen LogP) is 2.56. The number of carbonyl (C=O) groups is 1. The molecule has 3 aromatic rings. The van der Waals surface area contributed by atoms with Gasteiger partial charge in [-0.2, -0.15) is 0 Å². The third-order valence-electron chi connectivity index (χ3n) is 5.23. The summed E-state index contributed by atoms with van der Waals surface area (Å²) in [5.41, 5.74) is 2.55. The lowest BCUT2D eigenvalue weighted by atomic mass is 10.1. The Balaban J connectivity index is 1.44. The smallest absolute Gasteiger partial charge is 0.191 e. The zero-order valence-corrected chi connectivity index (χ0v) is 17.4. The number of benzene rings is 1. The molecular formula is C19H22N4O3S2. The van der Waals surface area contributed by atoms with Gasteiger partial charge in [0.25, 0.3) is 0 Å². The van der Waals surface area contributed by atoms with E-state index in [2.05, 4.69) is 15.2 Å². The number of thioether (sulfide) groups is 1. The monoisotopic (exact) mass is 418 g/mol. The number of ketones is 1. The summed E-state index contributed by atoms with van der Waals surface area (Å²) in [6.45, 7) is 1.91. The van der Waals surface area contributed by atoms with Gasteiger partial charge in [0, 0.05) is 35.6 Å². The Labute approximate surface area is 167 Å². The van der Waals surface area contributed by atoms with Gasteiger partial charge in [-0.3, -0.25) is 4.79 Å². The third-order valence-corrected chi connectivity index (χ3v) is 8.09. The summed E-state index contributed by atoms with van der Waals surface area (Å²) in [6.07, 6.45) is 1.27. The van der Waals surface area contributed by atoms with Crippen molar-refractivity contribution < 1.29 is 13.2 Å². The minimum atomic E-state index is -2.90. The molecule has 7 nitrogen and oxygen atoms in total. The van der Waals surface area contributed by atoms with Gasteiger partial charge in [-0.25, -0.2) is 8.42 Å². The second kappa shape index (κ2) is 7.36. The van der Waals surface area contributed by atoms with E-state index in [1.165, 1.54) is 11.8 Å². The van der Waals surface area contributed by atoms with Crippen LogP contribution >= 0.6 is 11.8 Å². The highest BCUT2D eigenvalue weighted by molar-refractivity contribution is 7.99. The lowest BCUT2D eigenvalue weighted by Gasteiger charge is -2.07. The van der Waals surface area contributed by atoms with E-state index >= 15 is 0 Å². The molecule has 1 fully saturated rings. The van der Waals surface area contributed by atoms with Crippen LogP contribution in [0.4, 0.5) is 0 Å². The maximum absolute atomic E-state index is 12.8. The van der Waals surface area contributed by atoms with Crippen LogP contribution in [0.2, 0.25) is 0 Å². The molecule has 0 aliphatic carbocycles. The van der Waals surface area contributed by atoms with Crippen LogP contribution in [0, 0.1) is 12.8 Å². The average molecular weight is 419 g/mol. The van der Waals surface area contributed by atoms with E-state index in [9.17, 15) is 13.2 Å². The van der Waals surface area contributed by atoms with Crippen molar-refractivity contribution in [3.8, 4) is 0 Å². The fourth-order valence-electron chi connectivity index (χ4n) is 3.78. The number of rotatable bonds is 6. The Morgan fingerprint density at radius 2 is 2.11 bits per heavy atom. The van der Waals surface area contributed by atoms with E-state index in [1.54, 1.807) is 0 Å². The van der Waals surface area contributed by atoms with Crippen molar-refractivity contribution in [3.63, 3.8) is 0 Å². The highest BCUT2D eigenvalue weighted by atomic mass is 32.2. The molecule has 1 aromatic carbocycles. The normalized spacial score (nSPS) is 18.7. The highest BCUT2D eigenvalue weighted by Gasteiger charge is 2.29. The SMILES string of the molecule is Cc1[nH]c2ccccc2c1C(=O)CSc1nnc(C[C@H]2CCS(=O)(=O)C2)n1C. The second-order valence-electron chi connectivity index (χ2n) is 7.31. The average Bonchev–Trinajstić information content (AvgIpc) is 3.28. The number of Topliss-reactive ketones (excluding diaryl/α,β-unsaturated/α-hetero) is 1. The molecule has 0 radical (unpaired) electrons. The third kappa shape index (κ3) is 3.73. The van der Waals surface area contributed by atoms with Crippen LogP contribution < -0.4 is 0 Å². The van der Waals surface area contributed by atoms with Gasteiger partial charge in [0.05, 0.1) is 17.3 Å². The van der Waals surface area contributed by atoms with Gasteiger partial charge in [-0.05, 0) is 25.3 Å². The highest BCUT2D eigenvalue weighted by Crippen LogP contribution is 2.26. The second-order valence-corrected chi connectivity index (χ2v) is 10.5. The topological polar surface area (TPSA) is 97.7 Å². The molecule has 1 aliphatic rings. The quantitative estimate of drug-likeness (QED) is 0.488. The summed E-state index contributed by atoms with van der Waals surface area (Å²) in [7, 11) is -1.04. The molecule has 0 unspecified atom stereocenters. The lowest BCUT2D eigenvalue weighted by molar-refractivity contribution is 0.102. The standard InChI is InChI=1S/C19H22N4O3S2/c1-12-18(14-5-3-4-6-15(14)20-12)16(24)10-27-19-22-21-17(23(19)2)9-13-7-8-28(25,26)11-13/h3-6,13,20H,7-11H2,1-2H3/t13-/m1/s1. The van der Waals surface area contributed by atoms with E-state index in [4.69, 9.17) is 0 Å². The molecule has 148 valence electrons. The number of sulfone groups is 1. The first-order chi connectivity index (χ1) is 13.3. The Bertz CT molecular complexity index is 1150. The number of hydrogen-bond acceptors (Lipinski definition) is 6. The number of aromatic nitrogens is 4. The van der Waals surface area contributed by atoms with E-state index in [-0.39, 0.29) is 29.0 Å². The fourth-order valence-corrected chi connectivity index (χ4v) is 6.44. The zero-order valence-electron chi connectivity index (χ0n) is 15.8. The molecule has 0 saturated carbocycles. The molecule has 2 aromatic heterocycles. The molecule has 3 heterocycles. The van der Waals surface area contributed by atoms with Gasteiger partial charge in [0.15, 0.2) is 20.8 Å². The van der Waals surface area contributed by atoms with Crippen molar-refractivity contribution in [1.29, 1.82) is 0 Å². The molecule has 1 aliphatic heterocycles. The molecule has 28 heavy (non-hydrogen) atoms. The summed E-state index contributed by atoms with van der Waals surface area (Å²) in [4.78, 5) is 16.1. The number of H-pyrrole nitrogens is 1. The molecule has 4 rings (SSSR count). The number of nitrogens with zero attached hydrogens (tertiary/aromatic N) is 3. The Kier molecular flexibility index (Phi) is 5.05. The molecule has 1 N–H and O–H groups in total. The number of hydrogen-bond donors (Lipinski definition) is 1. The summed E-state index contributed by atoms with van der Waals surface area (Å²) < 4.78 is 25.2. The molecule has 1 saturated heterocycles. The van der Waals surface area contributed by atoms with Crippen LogP contribution in [-0.2, 0) is 23.3 Å². The van der Waals surface area contributed by atoms with Crippen LogP contribution in [-0.4, -0.2) is 51.2 Å². The first kappa shape index (κ1) is 19.2. The zero-order chi connectivity index (χ0) is 19.9. The van der Waals surface area contributed by atoms with Crippen LogP contribution in [0.5, 0.6) is 0 Å². The lowest BCUT2D eigenvalue weighted by Crippen LogP contribution is -2.11. The van der Waals surface area contributed by atoms with Gasteiger partial charge >= 0.3 is 0 Å². The minimum Gasteiger partial charge on any atom is -0.358 e. The predicted molar refractivity (Wildman–Crippen MR) is 110 cm³/mol. The molecule has 9 heteroatoms. The van der Waals surface area contributed by atoms with E-state index in [1.807, 2.05) is 42.8 Å². The Hall–Kier alpha value is -2.13. The van der Waals surface area contributed by atoms with Crippen molar-refractivity contribution in [3.05, 3.63) is 41.3 Å². The van der Waals surface area contributed by atoms with Crippen molar-refractivity contribution in [1.82, 2.24) is 19.7 Å². The van der Waals surface area contributed by atoms with Gasteiger partial charge in [0.2, 0.25) is 0 Å². The molecule has 0 amide bonds. The van der Waals surface area contributed by atoms with Crippen LogP contribution in [0.3, 0.4) is 0 Å². The van der Waals surface area contributed by atoms with Crippen molar-refractivity contribution >= 4 is 38.3 Å². The van der Waals surface area contributed by atoms with Gasteiger partial charge < -0.3 is 9.55 Å². The maximum atomic E-state index is 12.8. The summed E-state index contributed by atoms with van der Waals surface area (Å²) >= 11 is 1.36. The Morgan fingerprint density at radius 3 is 2.86 bits per heavy atom. The molecule has 1 atom stereocenters. The summed E-state index contributed by atoms with van der Waals surface area (Å²) in [5, 5.41) is 10.0. The largest absolute Gasteiger partial charge is 0.358 e. The van der Waals surface area contributed by atoms with Crippen LogP contribution in [0.1, 0.15) is 28.3 Å². The van der Waals surface area contributed by atoms with Gasteiger partial charge in [-0.15, -0.1) is 10.2 Å². The number of aryl methyl sites for hydroxylation is 1. The maximum Gasteiger partial charge on any atom is 0.191 e. The van der Waals surface area contributed by atoms with E-state index in [0.717, 1.165) is 28.0 Å². The van der Waals surface area contributed by atoms with Gasteiger partial charge in [0.1, 0.15) is 5.82 Å². The summed E-state index contributed by atoms with van der Waals surface area (Å²) in [5.74, 6) is 1.66. The number of nitrogens with one attached hydrogen (secondary N) is 1. The Morgan fingerprint density at radius 1 is 1.32 bits per heavy atom. The molecule has 0 bridgehead atoms. The molecule has 0 spiro atoms. The van der Waals surface area contributed by atoms with Crippen molar-refractivity contribution in [2.75, 3.05) is 17.3 Å². The number of para-hydroxylation sites is 1. The number of fused-ring (bicyclic) bond motifs is 1. The number of carbonyl (C=O) groups excluding carboxylic acids is 1. The van der Waals surface area contributed by atoms with Crippen molar-refractivity contribution in [2.45, 2.75) is 24.9 Å². The minimum absolute atomic E-state index is 0.0476. The summed E-state index contributed by atoms with van der Waals surface area (Å²) in [6, 6.07) is 7.78. The van der Waals surface area contributed by atoms with E-state index < -0.39 is 9.84 Å². The van der Waals surface area contributed by atoms with Crippen molar-refractivity contribution in [2.24, 2.45) is 13.0 Å². The van der Waals surface area contributed by atoms with Gasteiger partial charge in [-0.1, -0.05) is 30.0 Å². The molecular weight excluding hydrogens is 396 g/mol. The fraction of sp³-hybridized carbons (Fsp3) is 0.421. The first-order valence-corrected chi connectivity index (χ1v) is 12.0. The number of aromatic amines is 1. The first-order valence-electron chi connectivity index (χ1n) is 9.16.